The Morgan fingerprint density at radius 3 is 2.59 bits per heavy atom. The molecule has 0 spiro atoms. The number of halogens is 3. The molecular formula is C18H16Cl3N3O2S. The van der Waals surface area contributed by atoms with E-state index in [4.69, 9.17) is 39.3 Å². The Labute approximate surface area is 175 Å². The summed E-state index contributed by atoms with van der Waals surface area (Å²) in [7, 11) is 0. The van der Waals surface area contributed by atoms with E-state index in [9.17, 15) is 4.79 Å². The first-order valence-corrected chi connectivity index (χ1v) is 10.4. The first kappa shape index (κ1) is 19.0. The molecule has 1 fully saturated rings. The van der Waals surface area contributed by atoms with Crippen LogP contribution in [0.3, 0.4) is 0 Å². The summed E-state index contributed by atoms with van der Waals surface area (Å²) in [6.45, 7) is 5.38. The van der Waals surface area contributed by atoms with Crippen LogP contribution in [0, 0.1) is 6.92 Å². The number of hydrogen-bond donors (Lipinski definition) is 0. The molecular weight excluding hydrogens is 429 g/mol. The molecule has 1 saturated heterocycles. The van der Waals surface area contributed by atoms with Crippen molar-refractivity contribution in [2.24, 2.45) is 0 Å². The van der Waals surface area contributed by atoms with E-state index >= 15 is 0 Å². The summed E-state index contributed by atoms with van der Waals surface area (Å²) in [5.41, 5.74) is 0.872. The van der Waals surface area contributed by atoms with Crippen LogP contribution in [-0.4, -0.2) is 47.0 Å². The second-order valence-corrected chi connectivity index (χ2v) is 8.78. The van der Waals surface area contributed by atoms with Gasteiger partial charge in [0.1, 0.15) is 4.88 Å². The summed E-state index contributed by atoms with van der Waals surface area (Å²) in [6, 6.07) is 5.36. The summed E-state index contributed by atoms with van der Waals surface area (Å²) in [5.74, 6) is 0.773. The van der Waals surface area contributed by atoms with Gasteiger partial charge in [0.05, 0.1) is 22.3 Å². The zero-order chi connectivity index (χ0) is 19.1. The Morgan fingerprint density at radius 1 is 1.19 bits per heavy atom. The van der Waals surface area contributed by atoms with E-state index in [2.05, 4.69) is 10.1 Å². The highest BCUT2D eigenvalue weighted by atomic mass is 35.5. The lowest BCUT2D eigenvalue weighted by atomic mass is 10.2. The van der Waals surface area contributed by atoms with E-state index in [1.807, 2.05) is 17.9 Å². The highest BCUT2D eigenvalue weighted by Gasteiger charge is 2.27. The van der Waals surface area contributed by atoms with Crippen molar-refractivity contribution in [2.75, 3.05) is 26.2 Å². The molecule has 5 nitrogen and oxygen atoms in total. The Kier molecular flexibility index (Phi) is 5.36. The summed E-state index contributed by atoms with van der Waals surface area (Å²) >= 11 is 20.1. The Morgan fingerprint density at radius 2 is 1.93 bits per heavy atom. The Bertz CT molecular complexity index is 1010. The van der Waals surface area contributed by atoms with Crippen LogP contribution >= 0.6 is 46.1 Å². The topological polar surface area (TPSA) is 49.6 Å². The Hall–Kier alpha value is -1.31. The van der Waals surface area contributed by atoms with Crippen molar-refractivity contribution in [3.8, 4) is 0 Å². The van der Waals surface area contributed by atoms with Crippen molar-refractivity contribution >= 4 is 62.1 Å². The van der Waals surface area contributed by atoms with E-state index in [-0.39, 0.29) is 5.91 Å². The number of rotatable bonds is 3. The van der Waals surface area contributed by atoms with Crippen LogP contribution < -0.4 is 0 Å². The molecule has 0 unspecified atom stereocenters. The number of hydrogen-bond acceptors (Lipinski definition) is 5. The molecule has 1 aliphatic heterocycles. The number of carbonyl (C=O) groups excluding carboxylic acids is 1. The van der Waals surface area contributed by atoms with Crippen molar-refractivity contribution < 1.29 is 9.32 Å². The number of carbonyl (C=O) groups is 1. The lowest BCUT2D eigenvalue weighted by Crippen LogP contribution is -2.48. The van der Waals surface area contributed by atoms with Crippen molar-refractivity contribution in [1.82, 2.24) is 15.0 Å². The number of amides is 1. The predicted octanol–water partition coefficient (Wildman–Crippen LogP) is 5.12. The van der Waals surface area contributed by atoms with E-state index in [0.717, 1.165) is 29.2 Å². The van der Waals surface area contributed by atoms with Crippen LogP contribution in [0.15, 0.2) is 22.7 Å². The number of benzene rings is 1. The van der Waals surface area contributed by atoms with Crippen LogP contribution in [-0.2, 0) is 6.54 Å². The summed E-state index contributed by atoms with van der Waals surface area (Å²) < 4.78 is 6.09. The van der Waals surface area contributed by atoms with Gasteiger partial charge in [-0.3, -0.25) is 9.69 Å². The molecule has 0 radical (unpaired) electrons. The van der Waals surface area contributed by atoms with Crippen LogP contribution in [0.5, 0.6) is 0 Å². The number of fused-ring (bicyclic) bond motifs is 1. The van der Waals surface area contributed by atoms with Gasteiger partial charge in [-0.25, -0.2) is 0 Å². The molecule has 4 rings (SSSR count). The second kappa shape index (κ2) is 7.60. The van der Waals surface area contributed by atoms with Crippen LogP contribution in [0.25, 0.3) is 10.1 Å². The molecule has 0 atom stereocenters. The van der Waals surface area contributed by atoms with Crippen LogP contribution in [0.1, 0.15) is 21.1 Å². The van der Waals surface area contributed by atoms with Crippen LogP contribution in [0.2, 0.25) is 15.1 Å². The maximum atomic E-state index is 13.0. The van der Waals surface area contributed by atoms with E-state index in [0.29, 0.717) is 45.0 Å². The molecule has 1 aliphatic rings. The van der Waals surface area contributed by atoms with Gasteiger partial charge in [0, 0.05) is 47.4 Å². The molecule has 3 aromatic rings. The fraction of sp³-hybridized carbons (Fsp3) is 0.333. The number of nitrogens with zero attached hydrogens (tertiary/aromatic N) is 3. The van der Waals surface area contributed by atoms with Gasteiger partial charge in [0.15, 0.2) is 5.76 Å². The van der Waals surface area contributed by atoms with Gasteiger partial charge in [-0.15, -0.1) is 11.3 Å². The van der Waals surface area contributed by atoms with Gasteiger partial charge < -0.3 is 9.42 Å². The quantitative estimate of drug-likeness (QED) is 0.563. The zero-order valence-electron chi connectivity index (χ0n) is 14.5. The third-order valence-electron chi connectivity index (χ3n) is 4.56. The minimum Gasteiger partial charge on any atom is -0.360 e. The molecule has 3 heterocycles. The average molecular weight is 445 g/mol. The van der Waals surface area contributed by atoms with Gasteiger partial charge in [0.2, 0.25) is 0 Å². The third-order valence-corrected chi connectivity index (χ3v) is 6.69. The molecule has 142 valence electrons. The molecule has 0 saturated carbocycles. The van der Waals surface area contributed by atoms with Gasteiger partial charge in [0.25, 0.3) is 5.91 Å². The molecule has 1 aromatic carbocycles. The fourth-order valence-electron chi connectivity index (χ4n) is 3.21. The standard InChI is InChI=1S/C18H16Cl3N3O2S/c1-10-6-12(26-22-10)9-23-2-4-24(5-3-23)18(25)17-16(21)15-13(20)7-11(19)8-14(15)27-17/h6-8H,2-5,9H2,1H3. The predicted molar refractivity (Wildman–Crippen MR) is 109 cm³/mol. The lowest BCUT2D eigenvalue weighted by Gasteiger charge is -2.34. The van der Waals surface area contributed by atoms with E-state index < -0.39 is 0 Å². The third kappa shape index (κ3) is 3.82. The van der Waals surface area contributed by atoms with Crippen molar-refractivity contribution in [2.45, 2.75) is 13.5 Å². The summed E-state index contributed by atoms with van der Waals surface area (Å²) in [4.78, 5) is 17.6. The Balaban J connectivity index is 1.47. The second-order valence-electron chi connectivity index (χ2n) is 6.51. The van der Waals surface area contributed by atoms with Gasteiger partial charge in [-0.2, -0.15) is 0 Å². The van der Waals surface area contributed by atoms with E-state index in [1.165, 1.54) is 11.3 Å². The first-order chi connectivity index (χ1) is 12.9. The molecule has 0 aliphatic carbocycles. The number of aryl methyl sites for hydroxylation is 1. The molecule has 0 bridgehead atoms. The lowest BCUT2D eigenvalue weighted by molar-refractivity contribution is 0.0622. The SMILES string of the molecule is Cc1cc(CN2CCN(C(=O)c3sc4cc(Cl)cc(Cl)c4c3Cl)CC2)on1. The average Bonchev–Trinajstić information content (AvgIpc) is 3.18. The molecule has 27 heavy (non-hydrogen) atoms. The molecule has 0 N–H and O–H groups in total. The fourth-order valence-corrected chi connectivity index (χ4v) is 5.55. The normalized spacial score (nSPS) is 15.6. The number of aromatic nitrogens is 1. The van der Waals surface area contributed by atoms with Crippen molar-refractivity contribution in [3.63, 3.8) is 0 Å². The van der Waals surface area contributed by atoms with Crippen molar-refractivity contribution in [1.29, 1.82) is 0 Å². The highest BCUT2D eigenvalue weighted by Crippen LogP contribution is 2.41. The smallest absolute Gasteiger partial charge is 0.265 e. The maximum absolute atomic E-state index is 13.0. The monoisotopic (exact) mass is 443 g/mol. The van der Waals surface area contributed by atoms with Crippen molar-refractivity contribution in [3.05, 3.63) is 49.6 Å². The molecule has 9 heteroatoms. The minimum atomic E-state index is -0.0662. The van der Waals surface area contributed by atoms with Crippen LogP contribution in [0.4, 0.5) is 0 Å². The largest absolute Gasteiger partial charge is 0.360 e. The highest BCUT2D eigenvalue weighted by molar-refractivity contribution is 7.21. The zero-order valence-corrected chi connectivity index (χ0v) is 17.6. The van der Waals surface area contributed by atoms with E-state index in [1.54, 1.807) is 12.1 Å². The van der Waals surface area contributed by atoms with Gasteiger partial charge >= 0.3 is 0 Å². The minimum absolute atomic E-state index is 0.0662. The first-order valence-electron chi connectivity index (χ1n) is 8.43. The van der Waals surface area contributed by atoms with Gasteiger partial charge in [-0.1, -0.05) is 40.0 Å². The summed E-state index contributed by atoms with van der Waals surface area (Å²) in [6.07, 6.45) is 0. The molecule has 2 aromatic heterocycles. The summed E-state index contributed by atoms with van der Waals surface area (Å²) in [5, 5.41) is 5.99. The van der Waals surface area contributed by atoms with Gasteiger partial charge in [-0.05, 0) is 19.1 Å². The number of piperazine rings is 1. The number of thiophene rings is 1. The molecule has 1 amide bonds. The maximum Gasteiger partial charge on any atom is 0.265 e.